The number of nitrogens with two attached hydrogens (primary N) is 1. The Bertz CT molecular complexity index is 1060. The smallest absolute Gasteiger partial charge is 0.306 e. The second-order valence-corrected chi connectivity index (χ2v) is 10.7. The van der Waals surface area contributed by atoms with Crippen LogP contribution in [0.1, 0.15) is 75.5 Å². The molecular weight excluding hydrogens is 478 g/mol. The molecule has 3 N–H and O–H groups in total. The molecule has 2 aromatic carbocycles. The van der Waals surface area contributed by atoms with Gasteiger partial charge in [0.2, 0.25) is 11.8 Å². The molecule has 1 fully saturated rings. The van der Waals surface area contributed by atoms with Gasteiger partial charge < -0.3 is 20.7 Å². The predicted molar refractivity (Wildman–Crippen MR) is 150 cm³/mol. The van der Waals surface area contributed by atoms with Gasteiger partial charge in [0.25, 0.3) is 0 Å². The minimum absolute atomic E-state index is 0.0373. The highest BCUT2D eigenvalue weighted by molar-refractivity contribution is 5.91. The lowest BCUT2D eigenvalue weighted by Gasteiger charge is -2.36. The van der Waals surface area contributed by atoms with Crippen LogP contribution in [0, 0.1) is 0 Å². The molecule has 1 heterocycles. The number of esters is 1. The van der Waals surface area contributed by atoms with Crippen molar-refractivity contribution in [2.45, 2.75) is 83.2 Å². The number of nitrogens with one attached hydrogen (secondary N) is 1. The molecule has 0 unspecified atom stereocenters. The van der Waals surface area contributed by atoms with Crippen LogP contribution in [-0.2, 0) is 32.0 Å². The molecule has 206 valence electrons. The Kier molecular flexibility index (Phi) is 10.9. The molecule has 3 rings (SSSR count). The molecule has 7 nitrogen and oxygen atoms in total. The van der Waals surface area contributed by atoms with Gasteiger partial charge in [0.05, 0.1) is 12.1 Å². The highest BCUT2D eigenvalue weighted by atomic mass is 16.5. The Balaban J connectivity index is 1.61. The normalized spacial score (nSPS) is 15.1. The topological polar surface area (TPSA) is 102 Å². The quantitative estimate of drug-likeness (QED) is 0.409. The van der Waals surface area contributed by atoms with E-state index in [2.05, 4.69) is 29.6 Å². The van der Waals surface area contributed by atoms with Crippen molar-refractivity contribution in [1.82, 2.24) is 10.2 Å². The summed E-state index contributed by atoms with van der Waals surface area (Å²) in [6.45, 7) is 6.78. The number of amides is 2. The van der Waals surface area contributed by atoms with Crippen molar-refractivity contribution in [3.05, 3.63) is 71.3 Å². The number of likely N-dealkylation sites (tertiary alicyclic amines) is 1. The minimum Gasteiger partial charge on any atom is -0.466 e. The molecule has 1 aliphatic rings. The van der Waals surface area contributed by atoms with E-state index < -0.39 is 11.6 Å². The molecule has 1 atom stereocenters. The number of rotatable bonds is 12. The Morgan fingerprint density at radius 3 is 2.34 bits per heavy atom. The van der Waals surface area contributed by atoms with E-state index in [0.29, 0.717) is 44.9 Å². The predicted octanol–water partition coefficient (Wildman–Crippen LogP) is 4.13. The van der Waals surface area contributed by atoms with Crippen LogP contribution in [0.25, 0.3) is 0 Å². The summed E-state index contributed by atoms with van der Waals surface area (Å²) >= 11 is 0. The molecule has 7 heteroatoms. The van der Waals surface area contributed by atoms with Gasteiger partial charge in [-0.05, 0) is 81.9 Å². The van der Waals surface area contributed by atoms with Crippen molar-refractivity contribution in [3.8, 4) is 0 Å². The molecule has 1 saturated heterocycles. The molecule has 1 aliphatic heterocycles. The highest BCUT2D eigenvalue weighted by Crippen LogP contribution is 2.31. The van der Waals surface area contributed by atoms with Crippen LogP contribution in [0.3, 0.4) is 0 Å². The third-order valence-corrected chi connectivity index (χ3v) is 7.20. The lowest BCUT2D eigenvalue weighted by molar-refractivity contribution is -0.143. The number of benzene rings is 2. The molecule has 0 aromatic heterocycles. The third-order valence-electron chi connectivity index (χ3n) is 7.20. The number of aryl methyl sites for hydroxylation is 2. The van der Waals surface area contributed by atoms with Crippen LogP contribution in [0.15, 0.2) is 54.6 Å². The van der Waals surface area contributed by atoms with E-state index in [0.717, 1.165) is 25.7 Å². The fraction of sp³-hybridized carbons (Fsp3) is 0.516. The second kappa shape index (κ2) is 14.1. The van der Waals surface area contributed by atoms with Crippen LogP contribution < -0.4 is 11.1 Å². The fourth-order valence-corrected chi connectivity index (χ4v) is 5.02. The Hall–Kier alpha value is -3.19. The van der Waals surface area contributed by atoms with E-state index in [1.165, 1.54) is 16.7 Å². The maximum atomic E-state index is 13.6. The largest absolute Gasteiger partial charge is 0.466 e. The van der Waals surface area contributed by atoms with Crippen LogP contribution >= 0.6 is 0 Å². The standard InChI is InChI=1S/C31H43N3O4/c1-4-38-28(35)18-17-24-14-8-9-15-26(24)25-19-21-34(22-20-25)29(36)27(33-30(37)31(2,3)32)16-10-13-23-11-6-5-7-12-23/h5-9,11-12,14-15,25,27H,4,10,13,16-22,32H2,1-3H3,(H,33,37)/t27-/m1/s1. The van der Waals surface area contributed by atoms with Gasteiger partial charge in [-0.1, -0.05) is 54.6 Å². The third kappa shape index (κ3) is 8.69. The molecule has 0 radical (unpaired) electrons. The number of piperidine rings is 1. The Morgan fingerprint density at radius 1 is 1.03 bits per heavy atom. The van der Waals surface area contributed by atoms with Gasteiger partial charge in [0.1, 0.15) is 6.04 Å². The summed E-state index contributed by atoms with van der Waals surface area (Å²) in [5.74, 6) is -0.207. The maximum Gasteiger partial charge on any atom is 0.306 e. The van der Waals surface area contributed by atoms with Crippen molar-refractivity contribution >= 4 is 17.8 Å². The summed E-state index contributed by atoms with van der Waals surface area (Å²) < 4.78 is 5.09. The van der Waals surface area contributed by atoms with Crippen LogP contribution in [0.2, 0.25) is 0 Å². The first-order valence-corrected chi connectivity index (χ1v) is 13.8. The number of ether oxygens (including phenoxy) is 1. The Labute approximate surface area is 227 Å². The number of nitrogens with zero attached hydrogens (tertiary/aromatic N) is 1. The van der Waals surface area contributed by atoms with Crippen molar-refractivity contribution in [1.29, 1.82) is 0 Å². The molecule has 2 amide bonds. The van der Waals surface area contributed by atoms with Crippen molar-refractivity contribution in [2.75, 3.05) is 19.7 Å². The van der Waals surface area contributed by atoms with E-state index >= 15 is 0 Å². The number of carbonyl (C=O) groups is 3. The van der Waals surface area contributed by atoms with Gasteiger partial charge in [0.15, 0.2) is 0 Å². The summed E-state index contributed by atoms with van der Waals surface area (Å²) in [5, 5.41) is 2.93. The van der Waals surface area contributed by atoms with Crippen molar-refractivity contribution in [3.63, 3.8) is 0 Å². The second-order valence-electron chi connectivity index (χ2n) is 10.7. The van der Waals surface area contributed by atoms with Crippen LogP contribution in [-0.4, -0.2) is 54.0 Å². The zero-order valence-electron chi connectivity index (χ0n) is 23.1. The maximum absolute atomic E-state index is 13.6. The van der Waals surface area contributed by atoms with E-state index in [4.69, 9.17) is 10.5 Å². The SMILES string of the molecule is CCOC(=O)CCc1ccccc1C1CCN(C(=O)[C@@H](CCCc2ccccc2)NC(=O)C(C)(C)N)CC1. The number of carbonyl (C=O) groups excluding carboxylic acids is 3. The summed E-state index contributed by atoms with van der Waals surface area (Å²) in [6.07, 6.45) is 4.90. The van der Waals surface area contributed by atoms with Crippen molar-refractivity contribution < 1.29 is 19.1 Å². The van der Waals surface area contributed by atoms with E-state index in [1.54, 1.807) is 13.8 Å². The van der Waals surface area contributed by atoms with Gasteiger partial charge >= 0.3 is 5.97 Å². The molecule has 0 bridgehead atoms. The van der Waals surface area contributed by atoms with E-state index in [-0.39, 0.29) is 17.8 Å². The molecular formula is C31H43N3O4. The first-order chi connectivity index (χ1) is 18.2. The lowest BCUT2D eigenvalue weighted by atomic mass is 9.85. The first kappa shape index (κ1) is 29.4. The minimum atomic E-state index is -1.06. The molecule has 0 aliphatic carbocycles. The van der Waals surface area contributed by atoms with E-state index in [1.807, 2.05) is 42.2 Å². The van der Waals surface area contributed by atoms with Gasteiger partial charge in [-0.3, -0.25) is 14.4 Å². The van der Waals surface area contributed by atoms with Gasteiger partial charge in [-0.2, -0.15) is 0 Å². The summed E-state index contributed by atoms with van der Waals surface area (Å²) in [4.78, 5) is 40.0. The molecule has 38 heavy (non-hydrogen) atoms. The highest BCUT2D eigenvalue weighted by Gasteiger charge is 2.32. The number of hydrogen-bond acceptors (Lipinski definition) is 5. The van der Waals surface area contributed by atoms with Gasteiger partial charge in [-0.15, -0.1) is 0 Å². The lowest BCUT2D eigenvalue weighted by Crippen LogP contribution is -2.57. The summed E-state index contributed by atoms with van der Waals surface area (Å²) in [5.41, 5.74) is 8.59. The fourth-order valence-electron chi connectivity index (χ4n) is 5.02. The zero-order chi connectivity index (χ0) is 27.5. The average molecular weight is 522 g/mol. The molecule has 2 aromatic rings. The van der Waals surface area contributed by atoms with Gasteiger partial charge in [-0.25, -0.2) is 0 Å². The monoisotopic (exact) mass is 521 g/mol. The Morgan fingerprint density at radius 2 is 1.68 bits per heavy atom. The summed E-state index contributed by atoms with van der Waals surface area (Å²) in [6, 6.07) is 17.8. The average Bonchev–Trinajstić information content (AvgIpc) is 2.91. The molecule has 0 saturated carbocycles. The van der Waals surface area contributed by atoms with Crippen LogP contribution in [0.5, 0.6) is 0 Å². The van der Waals surface area contributed by atoms with Gasteiger partial charge in [0, 0.05) is 19.5 Å². The van der Waals surface area contributed by atoms with Crippen molar-refractivity contribution in [2.24, 2.45) is 5.73 Å². The van der Waals surface area contributed by atoms with E-state index in [9.17, 15) is 14.4 Å². The molecule has 0 spiro atoms. The van der Waals surface area contributed by atoms with Crippen LogP contribution in [0.4, 0.5) is 0 Å². The number of hydrogen-bond donors (Lipinski definition) is 2. The zero-order valence-corrected chi connectivity index (χ0v) is 23.1. The first-order valence-electron chi connectivity index (χ1n) is 13.8. The summed E-state index contributed by atoms with van der Waals surface area (Å²) in [7, 11) is 0.